The van der Waals surface area contributed by atoms with E-state index in [1.165, 1.54) is 0 Å². The fraction of sp³-hybridized carbons (Fsp3) is 0.926. The quantitative estimate of drug-likeness (QED) is 0.216. The van der Waals surface area contributed by atoms with Crippen molar-refractivity contribution in [3.63, 3.8) is 0 Å². The third-order valence-corrected chi connectivity index (χ3v) is 41.1. The fourth-order valence-corrected chi connectivity index (χ4v) is 34.3. The van der Waals surface area contributed by atoms with Gasteiger partial charge in [-0.25, -0.2) is 0 Å². The summed E-state index contributed by atoms with van der Waals surface area (Å²) in [4.78, 5) is 0. The molecule has 0 aliphatic rings. The Hall–Kier alpha value is 0.744. The molecule has 7 heteroatoms. The van der Waals surface area contributed by atoms with E-state index in [1.807, 2.05) is 0 Å². The molecule has 0 saturated carbocycles. The van der Waals surface area contributed by atoms with Crippen molar-refractivity contribution in [1.29, 1.82) is 0 Å². The lowest BCUT2D eigenvalue weighted by molar-refractivity contribution is 0.352. The Morgan fingerprint density at radius 1 is 0.500 bits per heavy atom. The molecular formula is C27H66N2Si5. The van der Waals surface area contributed by atoms with Crippen LogP contribution < -0.4 is 0 Å². The third kappa shape index (κ3) is 6.41. The first kappa shape index (κ1) is 34.7. The molecule has 0 spiro atoms. The summed E-state index contributed by atoms with van der Waals surface area (Å²) in [7, 11) is -7.89. The molecule has 0 aromatic heterocycles. The molecule has 204 valence electrons. The van der Waals surface area contributed by atoms with Gasteiger partial charge in [0.2, 0.25) is 0 Å². The van der Waals surface area contributed by atoms with E-state index in [-0.39, 0.29) is 0 Å². The maximum absolute atomic E-state index is 4.41. The van der Waals surface area contributed by atoms with Crippen LogP contribution >= 0.6 is 0 Å². The highest BCUT2D eigenvalue weighted by molar-refractivity contribution is 6.96. The molecule has 0 bridgehead atoms. The predicted octanol–water partition coefficient (Wildman–Crippen LogP) is 9.21. The Morgan fingerprint density at radius 2 is 0.676 bits per heavy atom. The normalized spacial score (nSPS) is 16.4. The van der Waals surface area contributed by atoms with Crippen molar-refractivity contribution < 1.29 is 0 Å². The highest BCUT2D eigenvalue weighted by Crippen LogP contribution is 2.53. The zero-order valence-corrected chi connectivity index (χ0v) is 32.9. The van der Waals surface area contributed by atoms with E-state index in [0.29, 0.717) is 25.9 Å². The van der Waals surface area contributed by atoms with Crippen molar-refractivity contribution in [1.82, 2.24) is 8.46 Å². The fourth-order valence-electron chi connectivity index (χ4n) is 4.81. The average Bonchev–Trinajstić information content (AvgIpc) is 2.49. The Bertz CT molecular complexity index is 590. The molecule has 0 rings (SSSR count). The van der Waals surface area contributed by atoms with Crippen LogP contribution in [-0.2, 0) is 0 Å². The molecule has 0 radical (unpaired) electrons. The highest BCUT2D eigenvalue weighted by atomic mass is 28.4. The van der Waals surface area contributed by atoms with Gasteiger partial charge in [-0.05, 0) is 20.2 Å². The maximum atomic E-state index is 4.41. The van der Waals surface area contributed by atoms with Crippen LogP contribution in [0.5, 0.6) is 0 Å². The minimum atomic E-state index is -1.83. The lowest BCUT2D eigenvalue weighted by Crippen LogP contribution is -2.82. The van der Waals surface area contributed by atoms with Crippen LogP contribution in [0.25, 0.3) is 0 Å². The average molecular weight is 559 g/mol. The van der Waals surface area contributed by atoms with Gasteiger partial charge >= 0.3 is 0 Å². The zero-order chi connectivity index (χ0) is 28.1. The summed E-state index contributed by atoms with van der Waals surface area (Å²) in [6, 6.07) is 0. The van der Waals surface area contributed by atoms with Gasteiger partial charge in [0.15, 0.2) is 0 Å². The van der Waals surface area contributed by atoms with Crippen molar-refractivity contribution in [3.8, 4) is 0 Å². The first-order valence-corrected chi connectivity index (χ1v) is 27.1. The van der Waals surface area contributed by atoms with Crippen molar-refractivity contribution in [3.05, 3.63) is 12.3 Å². The zero-order valence-electron chi connectivity index (χ0n) is 27.5. The Labute approximate surface area is 223 Å². The summed E-state index contributed by atoms with van der Waals surface area (Å²) >= 11 is 0. The molecule has 2 nitrogen and oxygen atoms in total. The van der Waals surface area contributed by atoms with Gasteiger partial charge in [0, 0.05) is 5.79 Å². The second-order valence-electron chi connectivity index (χ2n) is 17.0. The van der Waals surface area contributed by atoms with E-state index in [9.17, 15) is 0 Å². The Kier molecular flexibility index (Phi) is 10.4. The standard InChI is InChI=1S/C27H66N2Si5/c1-22-30-23(28(31(14,15)24(2,3)4)32(16,17)25(5,6)7)29(33(18,19)26(8,9)10)34(20,21)27(11,12)13/h22-23H,1,30H2,2-21H3. The summed E-state index contributed by atoms with van der Waals surface area (Å²) in [5.74, 6) is 0.570. The third-order valence-electron chi connectivity index (χ3n) is 10.7. The van der Waals surface area contributed by atoms with Gasteiger partial charge in [-0.3, -0.25) is 0 Å². The van der Waals surface area contributed by atoms with Gasteiger partial charge in [0.1, 0.15) is 32.9 Å². The first-order valence-electron chi connectivity index (χ1n) is 13.6. The van der Waals surface area contributed by atoms with Crippen LogP contribution in [0.2, 0.25) is 72.5 Å². The Balaban J connectivity index is 7.82. The molecule has 0 atom stereocenters. The first-order chi connectivity index (χ1) is 14.4. The summed E-state index contributed by atoms with van der Waals surface area (Å²) in [6.07, 6.45) is 0. The van der Waals surface area contributed by atoms with E-state index in [4.69, 9.17) is 0 Å². The van der Waals surface area contributed by atoms with Gasteiger partial charge < -0.3 is 8.46 Å². The van der Waals surface area contributed by atoms with Crippen molar-refractivity contribution in [2.75, 3.05) is 0 Å². The van der Waals surface area contributed by atoms with Gasteiger partial charge in [0.25, 0.3) is 0 Å². The molecule has 34 heavy (non-hydrogen) atoms. The monoisotopic (exact) mass is 558 g/mol. The minimum Gasteiger partial charge on any atom is -0.334 e. The van der Waals surface area contributed by atoms with E-state index in [1.54, 1.807) is 0 Å². The second kappa shape index (κ2) is 10.1. The highest BCUT2D eigenvalue weighted by Gasteiger charge is 2.60. The topological polar surface area (TPSA) is 6.48 Å². The lowest BCUT2D eigenvalue weighted by Gasteiger charge is -2.67. The maximum Gasteiger partial charge on any atom is 0.121 e. The smallest absolute Gasteiger partial charge is 0.121 e. The number of nitrogens with zero attached hydrogens (tertiary/aromatic N) is 2. The van der Waals surface area contributed by atoms with Crippen molar-refractivity contribution >= 4 is 42.5 Å². The van der Waals surface area contributed by atoms with Crippen LogP contribution in [0.15, 0.2) is 12.3 Å². The van der Waals surface area contributed by atoms with E-state index in [2.05, 4.69) is 156 Å². The molecule has 0 amide bonds. The molecule has 0 unspecified atom stereocenters. The molecule has 0 N–H and O–H groups in total. The van der Waals surface area contributed by atoms with Crippen LogP contribution in [0.1, 0.15) is 83.1 Å². The molecule has 0 fully saturated rings. The molecule has 0 aromatic carbocycles. The van der Waals surface area contributed by atoms with Gasteiger partial charge in [0.05, 0.1) is 9.52 Å². The van der Waals surface area contributed by atoms with Crippen LogP contribution in [0.3, 0.4) is 0 Å². The SMILES string of the molecule is C=C[SiH2]C(N([Si](C)(C)C(C)(C)C)[Si](C)(C)C(C)(C)C)N([Si](C)(C)C(C)(C)C)[Si](C)(C)C(C)(C)C. The van der Waals surface area contributed by atoms with Gasteiger partial charge in [-0.15, -0.1) is 12.3 Å². The van der Waals surface area contributed by atoms with E-state index in [0.717, 1.165) is 0 Å². The summed E-state index contributed by atoms with van der Waals surface area (Å²) < 4.78 is 6.57. The summed E-state index contributed by atoms with van der Waals surface area (Å²) in [5, 5.41) is 1.23. The largest absolute Gasteiger partial charge is 0.334 e. The van der Waals surface area contributed by atoms with Crippen molar-refractivity contribution in [2.45, 2.75) is 161 Å². The van der Waals surface area contributed by atoms with E-state index >= 15 is 0 Å². The van der Waals surface area contributed by atoms with Crippen molar-refractivity contribution in [2.24, 2.45) is 0 Å². The van der Waals surface area contributed by atoms with Crippen LogP contribution in [-0.4, -0.2) is 56.7 Å². The number of hydrogen-bond acceptors (Lipinski definition) is 2. The van der Waals surface area contributed by atoms with Gasteiger partial charge in [-0.2, -0.15) is 0 Å². The Morgan fingerprint density at radius 3 is 0.794 bits per heavy atom. The second-order valence-corrected chi connectivity index (χ2v) is 40.1. The van der Waals surface area contributed by atoms with E-state index < -0.39 is 42.5 Å². The minimum absolute atomic E-state index is 0.308. The lowest BCUT2D eigenvalue weighted by atomic mass is 10.2. The molecule has 0 aliphatic carbocycles. The molecule has 0 heterocycles. The molecular weight excluding hydrogens is 493 g/mol. The summed E-state index contributed by atoms with van der Waals surface area (Å²) in [6.45, 7) is 56.2. The number of hydrogen-bond donors (Lipinski definition) is 0. The van der Waals surface area contributed by atoms with Crippen LogP contribution in [0.4, 0.5) is 0 Å². The summed E-state index contributed by atoms with van der Waals surface area (Å²) in [5.41, 5.74) is 2.38. The van der Waals surface area contributed by atoms with Crippen LogP contribution in [0, 0.1) is 0 Å². The molecule has 0 saturated heterocycles. The molecule has 0 aliphatic heterocycles. The number of rotatable bonds is 8. The van der Waals surface area contributed by atoms with Gasteiger partial charge in [-0.1, -0.05) is 135 Å². The predicted molar refractivity (Wildman–Crippen MR) is 175 cm³/mol. The molecule has 0 aromatic rings.